The van der Waals surface area contributed by atoms with Crippen molar-refractivity contribution in [2.24, 2.45) is 0 Å². The largest absolute Gasteiger partial charge is 0.390 e. The molecule has 130 valence electrons. The van der Waals surface area contributed by atoms with E-state index in [1.807, 2.05) is 0 Å². The predicted molar refractivity (Wildman–Crippen MR) is 86.1 cm³/mol. The van der Waals surface area contributed by atoms with Crippen LogP contribution in [-0.2, 0) is 4.79 Å². The Morgan fingerprint density at radius 1 is 0.960 bits per heavy atom. The number of fused-ring (bicyclic) bond motifs is 3. The van der Waals surface area contributed by atoms with Crippen molar-refractivity contribution in [2.45, 2.75) is 49.4 Å². The SMILES string of the molecule is C[C@@]1(O)CC(=O)[C@]2(O)C3=C(CC[C@]2(O)C1)C(=O)c1ccccc1C3=O. The van der Waals surface area contributed by atoms with E-state index >= 15 is 0 Å². The number of carbonyl (C=O) groups excluding carboxylic acids is 3. The number of hydrogen-bond donors (Lipinski definition) is 3. The predicted octanol–water partition coefficient (Wildman–Crippen LogP) is 0.732. The number of carbonyl (C=O) groups is 3. The van der Waals surface area contributed by atoms with E-state index in [1.54, 1.807) is 12.1 Å². The van der Waals surface area contributed by atoms with Gasteiger partial charge in [0, 0.05) is 35.1 Å². The van der Waals surface area contributed by atoms with Gasteiger partial charge in [0.1, 0.15) is 5.60 Å². The van der Waals surface area contributed by atoms with Crippen molar-refractivity contribution in [2.75, 3.05) is 0 Å². The fourth-order valence-corrected chi connectivity index (χ4v) is 4.58. The Kier molecular flexibility index (Phi) is 3.08. The Labute approximate surface area is 143 Å². The van der Waals surface area contributed by atoms with Gasteiger partial charge in [-0.05, 0) is 19.8 Å². The minimum absolute atomic E-state index is 0.0659. The van der Waals surface area contributed by atoms with E-state index in [9.17, 15) is 29.7 Å². The van der Waals surface area contributed by atoms with Crippen LogP contribution in [0.4, 0.5) is 0 Å². The second-order valence-electron chi connectivity index (χ2n) is 7.57. The number of benzene rings is 1. The molecule has 0 radical (unpaired) electrons. The molecular formula is C19H18O6. The lowest BCUT2D eigenvalue weighted by molar-refractivity contribution is -0.201. The summed E-state index contributed by atoms with van der Waals surface area (Å²) in [5, 5.41) is 32.5. The summed E-state index contributed by atoms with van der Waals surface area (Å²) < 4.78 is 0. The summed E-state index contributed by atoms with van der Waals surface area (Å²) in [5.41, 5.74) is -5.79. The molecular weight excluding hydrogens is 324 g/mol. The molecule has 1 aromatic carbocycles. The van der Waals surface area contributed by atoms with Crippen LogP contribution in [0.2, 0.25) is 0 Å². The molecule has 1 saturated carbocycles. The van der Waals surface area contributed by atoms with Crippen LogP contribution in [0.25, 0.3) is 0 Å². The molecule has 3 N–H and O–H groups in total. The van der Waals surface area contributed by atoms with Crippen LogP contribution in [0, 0.1) is 0 Å². The summed E-state index contributed by atoms with van der Waals surface area (Å²) in [6.45, 7) is 1.41. The van der Waals surface area contributed by atoms with E-state index in [4.69, 9.17) is 0 Å². The van der Waals surface area contributed by atoms with Crippen LogP contribution in [0.15, 0.2) is 35.4 Å². The average Bonchev–Trinajstić information content (AvgIpc) is 2.53. The van der Waals surface area contributed by atoms with Gasteiger partial charge in [0.05, 0.1) is 5.60 Å². The molecule has 6 nitrogen and oxygen atoms in total. The Bertz CT molecular complexity index is 880. The first-order chi connectivity index (χ1) is 11.6. The lowest BCUT2D eigenvalue weighted by Crippen LogP contribution is -2.70. The second-order valence-corrected chi connectivity index (χ2v) is 7.57. The van der Waals surface area contributed by atoms with Crippen LogP contribution in [-0.4, -0.2) is 49.5 Å². The first-order valence-corrected chi connectivity index (χ1v) is 8.23. The van der Waals surface area contributed by atoms with Crippen LogP contribution in [0.1, 0.15) is 53.3 Å². The van der Waals surface area contributed by atoms with Gasteiger partial charge in [0.15, 0.2) is 23.0 Å². The van der Waals surface area contributed by atoms with Gasteiger partial charge in [-0.15, -0.1) is 0 Å². The fraction of sp³-hybridized carbons (Fsp3) is 0.421. The zero-order valence-corrected chi connectivity index (χ0v) is 13.7. The highest BCUT2D eigenvalue weighted by Gasteiger charge is 2.67. The molecule has 3 aliphatic rings. The third-order valence-corrected chi connectivity index (χ3v) is 5.66. The maximum Gasteiger partial charge on any atom is 0.193 e. The van der Waals surface area contributed by atoms with Crippen molar-refractivity contribution in [3.8, 4) is 0 Å². The van der Waals surface area contributed by atoms with Crippen molar-refractivity contribution in [3.05, 3.63) is 46.5 Å². The number of allylic oxidation sites excluding steroid dienone is 1. The zero-order chi connectivity index (χ0) is 18.2. The number of hydrogen-bond acceptors (Lipinski definition) is 6. The first-order valence-electron chi connectivity index (χ1n) is 8.23. The molecule has 6 heteroatoms. The topological polar surface area (TPSA) is 112 Å². The van der Waals surface area contributed by atoms with E-state index in [0.29, 0.717) is 0 Å². The Morgan fingerprint density at radius 3 is 2.20 bits per heavy atom. The van der Waals surface area contributed by atoms with E-state index in [-0.39, 0.29) is 41.5 Å². The molecule has 0 heterocycles. The molecule has 0 bridgehead atoms. The number of rotatable bonds is 0. The molecule has 1 aromatic rings. The highest BCUT2D eigenvalue weighted by atomic mass is 16.4. The summed E-state index contributed by atoms with van der Waals surface area (Å²) >= 11 is 0. The smallest absolute Gasteiger partial charge is 0.193 e. The minimum Gasteiger partial charge on any atom is -0.390 e. The minimum atomic E-state index is -2.47. The molecule has 4 rings (SSSR count). The molecule has 0 spiro atoms. The van der Waals surface area contributed by atoms with Gasteiger partial charge >= 0.3 is 0 Å². The van der Waals surface area contributed by atoms with E-state index < -0.39 is 40.6 Å². The van der Waals surface area contributed by atoms with Crippen molar-refractivity contribution >= 4 is 17.3 Å². The standard InChI is InChI=1S/C19H18O6/c1-17(23)8-13(20)19(25)14-12(6-7-18(19,24)9-17)15(21)10-4-2-3-5-11(10)16(14)22/h2-5,23-25H,6-9H2,1H3/t17-,18+,19+/m1/s1. The highest BCUT2D eigenvalue weighted by molar-refractivity contribution is 6.29. The summed E-state index contributed by atoms with van der Waals surface area (Å²) in [5.74, 6) is -1.84. The van der Waals surface area contributed by atoms with Gasteiger partial charge < -0.3 is 15.3 Å². The first kappa shape index (κ1) is 16.3. The molecule has 0 aliphatic heterocycles. The molecule has 3 aliphatic carbocycles. The van der Waals surface area contributed by atoms with Gasteiger partial charge in [-0.3, -0.25) is 14.4 Å². The van der Waals surface area contributed by atoms with Gasteiger partial charge in [-0.2, -0.15) is 0 Å². The van der Waals surface area contributed by atoms with E-state index in [1.165, 1.54) is 19.1 Å². The molecule has 0 unspecified atom stereocenters. The molecule has 0 aromatic heterocycles. The summed E-state index contributed by atoms with van der Waals surface area (Å²) in [6.07, 6.45) is -0.657. The monoisotopic (exact) mass is 342 g/mol. The Morgan fingerprint density at radius 2 is 1.56 bits per heavy atom. The van der Waals surface area contributed by atoms with E-state index in [0.717, 1.165) is 0 Å². The lowest BCUT2D eigenvalue weighted by atomic mass is 9.55. The number of Topliss-reactive ketones (excluding diaryl/α,β-unsaturated/α-hetero) is 3. The fourth-order valence-electron chi connectivity index (χ4n) is 4.58. The summed E-state index contributed by atoms with van der Waals surface area (Å²) in [6, 6.07) is 6.26. The molecule has 0 saturated heterocycles. The maximum absolute atomic E-state index is 13.0. The number of ketones is 3. The van der Waals surface area contributed by atoms with Crippen molar-refractivity contribution in [1.82, 2.24) is 0 Å². The lowest BCUT2D eigenvalue weighted by Gasteiger charge is -2.53. The van der Waals surface area contributed by atoms with Gasteiger partial charge in [0.25, 0.3) is 0 Å². The maximum atomic E-state index is 13.0. The van der Waals surface area contributed by atoms with Crippen LogP contribution in [0.5, 0.6) is 0 Å². The molecule has 3 atom stereocenters. The summed E-state index contributed by atoms with van der Waals surface area (Å²) in [7, 11) is 0. The van der Waals surface area contributed by atoms with E-state index in [2.05, 4.69) is 0 Å². The molecule has 0 amide bonds. The van der Waals surface area contributed by atoms with Crippen molar-refractivity contribution in [1.29, 1.82) is 0 Å². The van der Waals surface area contributed by atoms with Crippen LogP contribution < -0.4 is 0 Å². The Hall–Kier alpha value is -2.15. The van der Waals surface area contributed by atoms with Crippen LogP contribution >= 0.6 is 0 Å². The zero-order valence-electron chi connectivity index (χ0n) is 13.7. The van der Waals surface area contributed by atoms with Crippen molar-refractivity contribution in [3.63, 3.8) is 0 Å². The third-order valence-electron chi connectivity index (χ3n) is 5.66. The average molecular weight is 342 g/mol. The van der Waals surface area contributed by atoms with Crippen molar-refractivity contribution < 1.29 is 29.7 Å². The number of aliphatic hydroxyl groups is 3. The molecule has 25 heavy (non-hydrogen) atoms. The van der Waals surface area contributed by atoms with Gasteiger partial charge in [-0.1, -0.05) is 24.3 Å². The van der Waals surface area contributed by atoms with Gasteiger partial charge in [-0.25, -0.2) is 0 Å². The van der Waals surface area contributed by atoms with Crippen LogP contribution in [0.3, 0.4) is 0 Å². The quantitative estimate of drug-likeness (QED) is 0.641. The summed E-state index contributed by atoms with van der Waals surface area (Å²) in [4.78, 5) is 38.5. The van der Waals surface area contributed by atoms with Gasteiger partial charge in [0.2, 0.25) is 0 Å². The Balaban J connectivity index is 1.96. The second kappa shape index (κ2) is 4.72. The highest BCUT2D eigenvalue weighted by Crippen LogP contribution is 2.52. The third kappa shape index (κ3) is 1.93. The molecule has 1 fully saturated rings. The normalized spacial score (nSPS) is 37.5.